The largest absolute Gasteiger partial charge is 0.369 e. The molecule has 0 radical (unpaired) electrons. The average Bonchev–Trinajstić information content (AvgIpc) is 2.81. The fourth-order valence-electron chi connectivity index (χ4n) is 2.55. The third kappa shape index (κ3) is 3.83. The van der Waals surface area contributed by atoms with Crippen LogP contribution in [-0.4, -0.2) is 18.6 Å². The third-order valence-electron chi connectivity index (χ3n) is 3.88. The molecule has 0 aromatic heterocycles. The lowest BCUT2D eigenvalue weighted by molar-refractivity contribution is -0.132. The molecule has 0 saturated carbocycles. The summed E-state index contributed by atoms with van der Waals surface area (Å²) in [6, 6.07) is 8.49. The first-order valence-electron chi connectivity index (χ1n) is 7.57. The number of carbonyl (C=O) groups is 1. The molecule has 3 heteroatoms. The van der Waals surface area contributed by atoms with Crippen LogP contribution in [0.5, 0.6) is 0 Å². The van der Waals surface area contributed by atoms with Crippen LogP contribution in [0.2, 0.25) is 0 Å². The molecule has 0 bridgehead atoms. The number of nitrogens with one attached hydrogen (secondary N) is 1. The summed E-state index contributed by atoms with van der Waals surface area (Å²) in [5.74, 6) is 0.599. The van der Waals surface area contributed by atoms with Gasteiger partial charge < -0.3 is 10.1 Å². The van der Waals surface area contributed by atoms with Gasteiger partial charge in [0.2, 0.25) is 5.91 Å². The van der Waals surface area contributed by atoms with E-state index in [4.69, 9.17) is 4.74 Å². The fourth-order valence-corrected chi connectivity index (χ4v) is 2.55. The minimum Gasteiger partial charge on any atom is -0.369 e. The van der Waals surface area contributed by atoms with Gasteiger partial charge in [-0.25, -0.2) is 0 Å². The second-order valence-electron chi connectivity index (χ2n) is 5.99. The van der Waals surface area contributed by atoms with Crippen molar-refractivity contribution in [3.8, 4) is 0 Å². The van der Waals surface area contributed by atoms with Crippen molar-refractivity contribution in [2.45, 2.75) is 52.2 Å². The summed E-state index contributed by atoms with van der Waals surface area (Å²) < 4.78 is 5.60. The molecule has 1 aromatic carbocycles. The second-order valence-corrected chi connectivity index (χ2v) is 5.99. The van der Waals surface area contributed by atoms with E-state index >= 15 is 0 Å². The monoisotopic (exact) mass is 275 g/mol. The molecule has 0 fully saturated rings. The quantitative estimate of drug-likeness (QED) is 0.865. The predicted molar refractivity (Wildman–Crippen MR) is 80.5 cm³/mol. The Kier molecular flexibility index (Phi) is 5.18. The number of aryl methyl sites for hydroxylation is 1. The van der Waals surface area contributed by atoms with Crippen LogP contribution in [-0.2, 0) is 16.0 Å². The molecule has 3 nitrogen and oxygen atoms in total. The molecular formula is C17H25NO2. The first-order chi connectivity index (χ1) is 9.58. The molecule has 0 unspecified atom stereocenters. The molecule has 1 amide bonds. The summed E-state index contributed by atoms with van der Waals surface area (Å²) in [5.41, 5.74) is 2.61. The highest BCUT2D eigenvalue weighted by molar-refractivity contribution is 5.81. The number of carbonyl (C=O) groups excluding carboxylic acids is 1. The van der Waals surface area contributed by atoms with Crippen molar-refractivity contribution in [3.63, 3.8) is 0 Å². The van der Waals surface area contributed by atoms with Crippen molar-refractivity contribution in [1.82, 2.24) is 5.32 Å². The van der Waals surface area contributed by atoms with Crippen LogP contribution >= 0.6 is 0 Å². The molecule has 0 spiro atoms. The van der Waals surface area contributed by atoms with Crippen molar-refractivity contribution in [3.05, 3.63) is 35.4 Å². The first-order valence-corrected chi connectivity index (χ1v) is 7.57. The van der Waals surface area contributed by atoms with Crippen LogP contribution in [0, 0.1) is 5.92 Å². The maximum absolute atomic E-state index is 12.1. The lowest BCUT2D eigenvalue weighted by atomic mass is 10.1. The molecular weight excluding hydrogens is 250 g/mol. The predicted octanol–water partition coefficient (Wildman–Crippen LogP) is 3.24. The van der Waals surface area contributed by atoms with Crippen LogP contribution in [0.25, 0.3) is 0 Å². The Hall–Kier alpha value is -1.35. The van der Waals surface area contributed by atoms with Crippen molar-refractivity contribution < 1.29 is 9.53 Å². The van der Waals surface area contributed by atoms with Crippen LogP contribution < -0.4 is 5.32 Å². The molecule has 0 aliphatic heterocycles. The Balaban J connectivity index is 1.83. The van der Waals surface area contributed by atoms with Gasteiger partial charge >= 0.3 is 0 Å². The van der Waals surface area contributed by atoms with Gasteiger partial charge in [0.15, 0.2) is 0 Å². The molecule has 110 valence electrons. The molecule has 20 heavy (non-hydrogen) atoms. The molecule has 0 heterocycles. The third-order valence-corrected chi connectivity index (χ3v) is 3.88. The Morgan fingerprint density at radius 1 is 1.35 bits per heavy atom. The fraction of sp³-hybridized carbons (Fsp3) is 0.588. The highest BCUT2D eigenvalue weighted by Gasteiger charge is 2.25. The van der Waals surface area contributed by atoms with E-state index in [9.17, 15) is 4.79 Å². The first kappa shape index (κ1) is 15.0. The number of hydrogen-bond donors (Lipinski definition) is 1. The number of rotatable bonds is 6. The Labute approximate surface area is 121 Å². The molecule has 0 saturated heterocycles. The van der Waals surface area contributed by atoms with Gasteiger partial charge in [-0.05, 0) is 43.2 Å². The van der Waals surface area contributed by atoms with E-state index in [2.05, 4.69) is 37.4 Å². The van der Waals surface area contributed by atoms with Crippen LogP contribution in [0.1, 0.15) is 50.8 Å². The topological polar surface area (TPSA) is 38.3 Å². The summed E-state index contributed by atoms with van der Waals surface area (Å²) >= 11 is 0. The van der Waals surface area contributed by atoms with Crippen molar-refractivity contribution in [2.24, 2.45) is 5.92 Å². The SMILES string of the molecule is CC(C)CCO[C@H](C)C(=O)N[C@H]1CCc2ccccc21. The van der Waals surface area contributed by atoms with Gasteiger partial charge in [0, 0.05) is 6.61 Å². The lowest BCUT2D eigenvalue weighted by Gasteiger charge is -2.18. The van der Waals surface area contributed by atoms with E-state index in [0.29, 0.717) is 12.5 Å². The van der Waals surface area contributed by atoms with Gasteiger partial charge in [0.25, 0.3) is 0 Å². The van der Waals surface area contributed by atoms with Gasteiger partial charge in [0.1, 0.15) is 6.10 Å². The van der Waals surface area contributed by atoms with Crippen molar-refractivity contribution in [2.75, 3.05) is 6.61 Å². The zero-order chi connectivity index (χ0) is 14.5. The van der Waals surface area contributed by atoms with Crippen LogP contribution in [0.3, 0.4) is 0 Å². The zero-order valence-electron chi connectivity index (χ0n) is 12.7. The van der Waals surface area contributed by atoms with Crippen molar-refractivity contribution >= 4 is 5.91 Å². The summed E-state index contributed by atoms with van der Waals surface area (Å²) in [5, 5.41) is 3.11. The van der Waals surface area contributed by atoms with Gasteiger partial charge in [-0.1, -0.05) is 38.1 Å². The zero-order valence-corrected chi connectivity index (χ0v) is 12.7. The Morgan fingerprint density at radius 3 is 2.85 bits per heavy atom. The Bertz CT molecular complexity index is 456. The molecule has 2 rings (SSSR count). The minimum atomic E-state index is -0.374. The van der Waals surface area contributed by atoms with Gasteiger partial charge in [0.05, 0.1) is 6.04 Å². The Morgan fingerprint density at radius 2 is 2.10 bits per heavy atom. The molecule has 1 aliphatic rings. The lowest BCUT2D eigenvalue weighted by Crippen LogP contribution is -2.36. The number of hydrogen-bond acceptors (Lipinski definition) is 2. The molecule has 2 atom stereocenters. The molecule has 1 aromatic rings. The second kappa shape index (κ2) is 6.89. The van der Waals surface area contributed by atoms with E-state index in [1.165, 1.54) is 11.1 Å². The number of benzene rings is 1. The number of fused-ring (bicyclic) bond motifs is 1. The van der Waals surface area contributed by atoms with Crippen LogP contribution in [0.4, 0.5) is 0 Å². The molecule has 1 aliphatic carbocycles. The number of ether oxygens (including phenoxy) is 1. The van der Waals surface area contributed by atoms with Crippen LogP contribution in [0.15, 0.2) is 24.3 Å². The van der Waals surface area contributed by atoms with Gasteiger partial charge in [-0.15, -0.1) is 0 Å². The standard InChI is InChI=1S/C17H25NO2/c1-12(2)10-11-20-13(3)17(19)18-16-9-8-14-6-4-5-7-15(14)16/h4-7,12-13,16H,8-11H2,1-3H3,(H,18,19)/t13-,16+/m1/s1. The molecule has 1 N–H and O–H groups in total. The maximum atomic E-state index is 12.1. The van der Waals surface area contributed by atoms with E-state index in [1.807, 2.05) is 13.0 Å². The maximum Gasteiger partial charge on any atom is 0.249 e. The summed E-state index contributed by atoms with van der Waals surface area (Å²) in [7, 11) is 0. The van der Waals surface area contributed by atoms with Gasteiger partial charge in [-0.3, -0.25) is 4.79 Å². The van der Waals surface area contributed by atoms with Crippen molar-refractivity contribution in [1.29, 1.82) is 0 Å². The van der Waals surface area contributed by atoms with E-state index in [1.54, 1.807) is 0 Å². The minimum absolute atomic E-state index is 0.00420. The average molecular weight is 275 g/mol. The smallest absolute Gasteiger partial charge is 0.249 e. The van der Waals surface area contributed by atoms with E-state index < -0.39 is 0 Å². The highest BCUT2D eigenvalue weighted by atomic mass is 16.5. The number of amides is 1. The highest BCUT2D eigenvalue weighted by Crippen LogP contribution is 2.30. The normalized spacial score (nSPS) is 18.9. The summed E-state index contributed by atoms with van der Waals surface area (Å²) in [4.78, 5) is 12.1. The van der Waals surface area contributed by atoms with E-state index in [0.717, 1.165) is 19.3 Å². The summed E-state index contributed by atoms with van der Waals surface area (Å²) in [6.07, 6.45) is 2.65. The summed E-state index contributed by atoms with van der Waals surface area (Å²) in [6.45, 7) is 6.79. The van der Waals surface area contributed by atoms with E-state index in [-0.39, 0.29) is 18.1 Å². The van der Waals surface area contributed by atoms with Gasteiger partial charge in [-0.2, -0.15) is 0 Å².